The highest BCUT2D eigenvalue weighted by atomic mass is 32.2. The number of para-hydroxylation sites is 1. The van der Waals surface area contributed by atoms with Crippen molar-refractivity contribution < 1.29 is 17.9 Å². The molecule has 3 aromatic rings. The Hall–Kier alpha value is -3.20. The Balaban J connectivity index is 1.39. The molecule has 1 fully saturated rings. The molecule has 8 heteroatoms. The predicted octanol–water partition coefficient (Wildman–Crippen LogP) is 3.50. The van der Waals surface area contributed by atoms with Crippen LogP contribution in [0.2, 0.25) is 0 Å². The summed E-state index contributed by atoms with van der Waals surface area (Å²) in [6.45, 7) is 2.81. The van der Waals surface area contributed by atoms with E-state index in [9.17, 15) is 13.2 Å². The molecule has 0 aromatic heterocycles. The molecule has 1 saturated heterocycles. The van der Waals surface area contributed by atoms with Crippen molar-refractivity contribution in [1.29, 1.82) is 0 Å². The zero-order chi connectivity index (χ0) is 24.0. The third kappa shape index (κ3) is 5.83. The van der Waals surface area contributed by atoms with Gasteiger partial charge in [-0.25, -0.2) is 8.42 Å². The Morgan fingerprint density at radius 1 is 0.882 bits per heavy atom. The van der Waals surface area contributed by atoms with Gasteiger partial charge in [-0.15, -0.1) is 0 Å². The van der Waals surface area contributed by atoms with E-state index in [1.807, 2.05) is 43.4 Å². The lowest BCUT2D eigenvalue weighted by Crippen LogP contribution is -2.46. The van der Waals surface area contributed by atoms with Gasteiger partial charge in [0.15, 0.2) is 0 Å². The highest BCUT2D eigenvalue weighted by Gasteiger charge is 2.27. The van der Waals surface area contributed by atoms with Gasteiger partial charge in [0.25, 0.3) is 5.91 Å². The van der Waals surface area contributed by atoms with Crippen LogP contribution in [0.5, 0.6) is 5.75 Å². The topological polar surface area (TPSA) is 79.0 Å². The average molecular weight is 480 g/mol. The number of nitrogens with one attached hydrogen (secondary N) is 1. The molecular formula is C26H29N3O4S. The van der Waals surface area contributed by atoms with E-state index in [0.29, 0.717) is 49.8 Å². The maximum absolute atomic E-state index is 12.9. The van der Waals surface area contributed by atoms with E-state index < -0.39 is 10.0 Å². The maximum atomic E-state index is 12.9. The van der Waals surface area contributed by atoms with Crippen molar-refractivity contribution in [1.82, 2.24) is 9.21 Å². The van der Waals surface area contributed by atoms with Crippen LogP contribution in [-0.2, 0) is 16.4 Å². The van der Waals surface area contributed by atoms with Gasteiger partial charge in [-0.2, -0.15) is 4.31 Å². The third-order valence-corrected chi connectivity index (χ3v) is 7.75. The quantitative estimate of drug-likeness (QED) is 0.535. The van der Waals surface area contributed by atoms with Crippen molar-refractivity contribution in [2.75, 3.05) is 45.2 Å². The molecule has 0 spiro atoms. The number of sulfonamides is 1. The molecule has 178 valence electrons. The number of hydrogen-bond donors (Lipinski definition) is 1. The normalized spacial score (nSPS) is 15.1. The fraction of sp³-hybridized carbons (Fsp3) is 0.269. The highest BCUT2D eigenvalue weighted by Crippen LogP contribution is 2.22. The predicted molar refractivity (Wildman–Crippen MR) is 133 cm³/mol. The van der Waals surface area contributed by atoms with Crippen LogP contribution in [-0.4, -0.2) is 63.4 Å². The van der Waals surface area contributed by atoms with Crippen LogP contribution < -0.4 is 10.1 Å². The number of carbonyl (C=O) groups is 1. The summed E-state index contributed by atoms with van der Waals surface area (Å²) < 4.78 is 33.2. The Kier molecular flexibility index (Phi) is 7.62. The Morgan fingerprint density at radius 2 is 1.53 bits per heavy atom. The van der Waals surface area contributed by atoms with Gasteiger partial charge >= 0.3 is 0 Å². The maximum Gasteiger partial charge on any atom is 0.259 e. The van der Waals surface area contributed by atoms with Gasteiger partial charge in [0.2, 0.25) is 10.0 Å². The van der Waals surface area contributed by atoms with Crippen LogP contribution >= 0.6 is 0 Å². The fourth-order valence-electron chi connectivity index (χ4n) is 3.79. The van der Waals surface area contributed by atoms with E-state index in [2.05, 4.69) is 10.2 Å². The van der Waals surface area contributed by atoms with Gasteiger partial charge in [0.1, 0.15) is 5.75 Å². The molecule has 0 saturated carbocycles. The minimum atomic E-state index is -3.55. The average Bonchev–Trinajstić information content (AvgIpc) is 2.85. The summed E-state index contributed by atoms with van der Waals surface area (Å²) in [4.78, 5) is 15.2. The van der Waals surface area contributed by atoms with E-state index in [1.165, 1.54) is 16.4 Å². The highest BCUT2D eigenvalue weighted by molar-refractivity contribution is 7.89. The van der Waals surface area contributed by atoms with Gasteiger partial charge in [-0.1, -0.05) is 42.5 Å². The molecule has 34 heavy (non-hydrogen) atoms. The number of hydrogen-bond acceptors (Lipinski definition) is 5. The smallest absolute Gasteiger partial charge is 0.259 e. The lowest BCUT2D eigenvalue weighted by atomic mass is 10.1. The summed E-state index contributed by atoms with van der Waals surface area (Å²) in [5.41, 5.74) is 2.10. The zero-order valence-electron chi connectivity index (χ0n) is 19.2. The van der Waals surface area contributed by atoms with Crippen molar-refractivity contribution >= 4 is 21.6 Å². The number of likely N-dealkylation sites (N-methyl/N-ethyl adjacent to an activating group) is 1. The second-order valence-electron chi connectivity index (χ2n) is 8.27. The summed E-state index contributed by atoms with van der Waals surface area (Å²) in [5.74, 6) is 0.190. The van der Waals surface area contributed by atoms with Crippen LogP contribution in [0.4, 0.5) is 5.69 Å². The molecule has 1 aliphatic rings. The van der Waals surface area contributed by atoms with E-state index in [1.54, 1.807) is 30.3 Å². The molecule has 0 aliphatic carbocycles. The molecule has 1 N–H and O–H groups in total. The number of nitrogens with zero attached hydrogens (tertiary/aromatic N) is 2. The number of amides is 1. The van der Waals surface area contributed by atoms with Crippen LogP contribution in [0.3, 0.4) is 0 Å². The lowest BCUT2D eigenvalue weighted by Gasteiger charge is -2.31. The number of benzene rings is 3. The van der Waals surface area contributed by atoms with Gasteiger partial charge in [0.05, 0.1) is 17.1 Å². The minimum Gasteiger partial charge on any atom is -0.492 e. The van der Waals surface area contributed by atoms with Gasteiger partial charge in [-0.05, 0) is 49.0 Å². The molecule has 3 aromatic carbocycles. The first kappa shape index (κ1) is 23.9. The summed E-state index contributed by atoms with van der Waals surface area (Å²) >= 11 is 0. The van der Waals surface area contributed by atoms with Crippen molar-refractivity contribution in [2.45, 2.75) is 11.3 Å². The van der Waals surface area contributed by atoms with E-state index >= 15 is 0 Å². The van der Waals surface area contributed by atoms with Gasteiger partial charge < -0.3 is 15.0 Å². The molecule has 4 rings (SSSR count). The SMILES string of the molecule is CN1CCN(S(=O)(=O)c2ccc(NC(=O)c3ccccc3OCCc3ccccc3)cc2)CC1. The largest absolute Gasteiger partial charge is 0.492 e. The van der Waals surface area contributed by atoms with Gasteiger partial charge in [-0.3, -0.25) is 4.79 Å². The first-order valence-electron chi connectivity index (χ1n) is 11.3. The van der Waals surface area contributed by atoms with Crippen LogP contribution in [0.15, 0.2) is 83.8 Å². The Labute approximate surface area is 201 Å². The molecule has 0 unspecified atom stereocenters. The first-order valence-corrected chi connectivity index (χ1v) is 12.7. The van der Waals surface area contributed by atoms with Crippen molar-refractivity contribution in [3.05, 3.63) is 90.0 Å². The van der Waals surface area contributed by atoms with Crippen molar-refractivity contribution in [2.24, 2.45) is 0 Å². The molecule has 1 heterocycles. The molecule has 0 radical (unpaired) electrons. The van der Waals surface area contributed by atoms with Crippen LogP contribution in [0, 0.1) is 0 Å². The van der Waals surface area contributed by atoms with Crippen LogP contribution in [0.25, 0.3) is 0 Å². The summed E-state index contributed by atoms with van der Waals surface area (Å²) in [6, 6.07) is 23.4. The standard InChI is InChI=1S/C26H29N3O4S/c1-28-16-18-29(19-17-28)34(31,32)23-13-11-22(12-14-23)27-26(30)24-9-5-6-10-25(24)33-20-15-21-7-3-2-4-8-21/h2-14H,15-20H2,1H3,(H,27,30). The lowest BCUT2D eigenvalue weighted by molar-refractivity contribution is 0.102. The van der Waals surface area contributed by atoms with Crippen LogP contribution in [0.1, 0.15) is 15.9 Å². The minimum absolute atomic E-state index is 0.222. The number of anilines is 1. The Morgan fingerprint density at radius 3 is 2.24 bits per heavy atom. The first-order chi connectivity index (χ1) is 16.4. The third-order valence-electron chi connectivity index (χ3n) is 5.84. The Bertz CT molecular complexity index is 1210. The second-order valence-corrected chi connectivity index (χ2v) is 10.2. The molecular weight excluding hydrogens is 450 g/mol. The number of carbonyl (C=O) groups excluding carboxylic acids is 1. The van der Waals surface area contributed by atoms with E-state index in [-0.39, 0.29) is 10.8 Å². The summed E-state index contributed by atoms with van der Waals surface area (Å²) in [5, 5.41) is 2.84. The number of ether oxygens (including phenoxy) is 1. The monoisotopic (exact) mass is 479 g/mol. The zero-order valence-corrected chi connectivity index (χ0v) is 20.0. The van der Waals surface area contributed by atoms with Crippen molar-refractivity contribution in [3.8, 4) is 5.75 Å². The van der Waals surface area contributed by atoms with E-state index in [4.69, 9.17) is 4.74 Å². The molecule has 1 amide bonds. The summed E-state index contributed by atoms with van der Waals surface area (Å²) in [7, 11) is -1.57. The number of rotatable bonds is 8. The number of piperazine rings is 1. The van der Waals surface area contributed by atoms with Crippen molar-refractivity contribution in [3.63, 3.8) is 0 Å². The van der Waals surface area contributed by atoms with Gasteiger partial charge in [0, 0.05) is 38.3 Å². The van der Waals surface area contributed by atoms with E-state index in [0.717, 1.165) is 12.0 Å². The molecule has 0 atom stereocenters. The summed E-state index contributed by atoms with van der Waals surface area (Å²) in [6.07, 6.45) is 0.736. The second kappa shape index (κ2) is 10.8. The molecule has 1 aliphatic heterocycles. The molecule has 0 bridgehead atoms. The fourth-order valence-corrected chi connectivity index (χ4v) is 5.21. The molecule has 7 nitrogen and oxygen atoms in total.